The predicted octanol–water partition coefficient (Wildman–Crippen LogP) is 0.476. The van der Waals surface area contributed by atoms with Crippen LogP contribution in [0.3, 0.4) is 0 Å². The summed E-state index contributed by atoms with van der Waals surface area (Å²) in [5, 5.41) is 0. The van der Waals surface area contributed by atoms with Crippen molar-refractivity contribution >= 4 is 11.8 Å². The minimum atomic E-state index is -0.171. The van der Waals surface area contributed by atoms with Gasteiger partial charge in [0.25, 0.3) is 0 Å². The molecule has 0 bridgehead atoms. The Balaban J connectivity index is 2.00. The van der Waals surface area contributed by atoms with E-state index in [1.165, 1.54) is 4.90 Å². The molecule has 4 nitrogen and oxygen atoms in total. The number of amides is 2. The van der Waals surface area contributed by atoms with E-state index in [-0.39, 0.29) is 17.9 Å². The first-order valence-electron chi connectivity index (χ1n) is 5.64. The third-order valence-electron chi connectivity index (χ3n) is 3.62. The molecule has 2 rings (SSSR count). The first kappa shape index (κ1) is 10.6. The summed E-state index contributed by atoms with van der Waals surface area (Å²) < 4.78 is 0. The van der Waals surface area contributed by atoms with Crippen LogP contribution in [-0.2, 0) is 9.59 Å². The SMILES string of the molecule is CC1CCN([C@@H]2CC(=O)N(C)C2=O)CC1. The molecule has 1 atom stereocenters. The van der Waals surface area contributed by atoms with E-state index in [1.54, 1.807) is 7.05 Å². The Morgan fingerprint density at radius 1 is 1.20 bits per heavy atom. The van der Waals surface area contributed by atoms with Crippen LogP contribution in [0.4, 0.5) is 0 Å². The number of hydrogen-bond donors (Lipinski definition) is 0. The molecule has 84 valence electrons. The molecule has 0 radical (unpaired) electrons. The highest BCUT2D eigenvalue weighted by molar-refractivity contribution is 6.05. The normalized spacial score (nSPS) is 30.3. The standard InChI is InChI=1S/C11H18N2O2/c1-8-3-5-13(6-4-8)9-7-10(14)12(2)11(9)15/h8-9H,3-7H2,1-2H3/t9-/m1/s1. The highest BCUT2D eigenvalue weighted by atomic mass is 16.2. The summed E-state index contributed by atoms with van der Waals surface area (Å²) in [7, 11) is 1.58. The van der Waals surface area contributed by atoms with Gasteiger partial charge in [-0.2, -0.15) is 0 Å². The van der Waals surface area contributed by atoms with Crippen LogP contribution < -0.4 is 0 Å². The number of piperidine rings is 1. The van der Waals surface area contributed by atoms with Crippen LogP contribution in [0.5, 0.6) is 0 Å². The lowest BCUT2D eigenvalue weighted by atomic mass is 9.97. The van der Waals surface area contributed by atoms with Crippen molar-refractivity contribution < 1.29 is 9.59 Å². The molecule has 2 amide bonds. The molecule has 0 N–H and O–H groups in total. The first-order chi connectivity index (χ1) is 7.09. The molecule has 0 aromatic rings. The molecule has 2 aliphatic heterocycles. The van der Waals surface area contributed by atoms with Gasteiger partial charge in [0.15, 0.2) is 0 Å². The molecule has 0 saturated carbocycles. The van der Waals surface area contributed by atoms with E-state index in [0.717, 1.165) is 31.8 Å². The molecule has 0 spiro atoms. The molecule has 2 fully saturated rings. The summed E-state index contributed by atoms with van der Waals surface area (Å²) in [6, 6.07) is -0.171. The van der Waals surface area contributed by atoms with E-state index in [2.05, 4.69) is 11.8 Å². The fourth-order valence-corrected chi connectivity index (χ4v) is 2.36. The molecule has 0 unspecified atom stereocenters. The summed E-state index contributed by atoms with van der Waals surface area (Å²) in [6.45, 7) is 4.16. The fraction of sp³-hybridized carbons (Fsp3) is 0.818. The van der Waals surface area contributed by atoms with E-state index >= 15 is 0 Å². The zero-order valence-electron chi connectivity index (χ0n) is 9.40. The molecule has 2 aliphatic rings. The van der Waals surface area contributed by atoms with Gasteiger partial charge in [-0.05, 0) is 31.8 Å². The third-order valence-corrected chi connectivity index (χ3v) is 3.62. The van der Waals surface area contributed by atoms with Gasteiger partial charge >= 0.3 is 0 Å². The molecule has 15 heavy (non-hydrogen) atoms. The van der Waals surface area contributed by atoms with Crippen molar-refractivity contribution in [3.63, 3.8) is 0 Å². The molecule has 2 heterocycles. The predicted molar refractivity (Wildman–Crippen MR) is 56.2 cm³/mol. The zero-order chi connectivity index (χ0) is 11.0. The minimum Gasteiger partial charge on any atom is -0.292 e. The quantitative estimate of drug-likeness (QED) is 0.591. The van der Waals surface area contributed by atoms with Crippen LogP contribution in [0, 0.1) is 5.92 Å². The molecule has 0 aromatic carbocycles. The Morgan fingerprint density at radius 3 is 2.27 bits per heavy atom. The van der Waals surface area contributed by atoms with Crippen molar-refractivity contribution in [3.05, 3.63) is 0 Å². The maximum atomic E-state index is 11.8. The lowest BCUT2D eigenvalue weighted by Crippen LogP contribution is -2.45. The zero-order valence-corrected chi connectivity index (χ0v) is 9.40. The molecule has 4 heteroatoms. The van der Waals surface area contributed by atoms with Crippen molar-refractivity contribution in [2.75, 3.05) is 20.1 Å². The largest absolute Gasteiger partial charge is 0.292 e. The van der Waals surface area contributed by atoms with Crippen LogP contribution in [0.15, 0.2) is 0 Å². The third kappa shape index (κ3) is 1.91. The highest BCUT2D eigenvalue weighted by Gasteiger charge is 2.40. The van der Waals surface area contributed by atoms with Gasteiger partial charge in [0.05, 0.1) is 12.5 Å². The minimum absolute atomic E-state index is 0.0189. The number of imide groups is 1. The Bertz CT molecular complexity index is 282. The summed E-state index contributed by atoms with van der Waals surface area (Å²) in [4.78, 5) is 26.6. The van der Waals surface area contributed by atoms with Crippen molar-refractivity contribution in [3.8, 4) is 0 Å². The number of rotatable bonds is 1. The second kappa shape index (κ2) is 3.93. The van der Waals surface area contributed by atoms with E-state index in [4.69, 9.17) is 0 Å². The topological polar surface area (TPSA) is 40.6 Å². The van der Waals surface area contributed by atoms with Gasteiger partial charge in [-0.15, -0.1) is 0 Å². The summed E-state index contributed by atoms with van der Waals surface area (Å²) in [5.74, 6) is 0.698. The lowest BCUT2D eigenvalue weighted by molar-refractivity contribution is -0.138. The second-order valence-electron chi connectivity index (χ2n) is 4.73. The summed E-state index contributed by atoms with van der Waals surface area (Å²) >= 11 is 0. The van der Waals surface area contributed by atoms with Crippen LogP contribution in [0.25, 0.3) is 0 Å². The Kier molecular flexibility index (Phi) is 2.78. The monoisotopic (exact) mass is 210 g/mol. The van der Waals surface area contributed by atoms with Crippen molar-refractivity contribution in [1.29, 1.82) is 0 Å². The van der Waals surface area contributed by atoms with Crippen LogP contribution >= 0.6 is 0 Å². The second-order valence-corrected chi connectivity index (χ2v) is 4.73. The maximum Gasteiger partial charge on any atom is 0.246 e. The summed E-state index contributed by atoms with van der Waals surface area (Å²) in [5.41, 5.74) is 0. The molecule has 0 aliphatic carbocycles. The number of nitrogens with zero attached hydrogens (tertiary/aromatic N) is 2. The van der Waals surface area contributed by atoms with E-state index < -0.39 is 0 Å². The molecule has 0 aromatic heterocycles. The Labute approximate surface area is 90.2 Å². The van der Waals surface area contributed by atoms with Gasteiger partial charge in [-0.1, -0.05) is 6.92 Å². The first-order valence-corrected chi connectivity index (χ1v) is 5.64. The van der Waals surface area contributed by atoms with E-state index in [0.29, 0.717) is 6.42 Å². The maximum absolute atomic E-state index is 11.8. The Hall–Kier alpha value is -0.900. The van der Waals surface area contributed by atoms with E-state index in [9.17, 15) is 9.59 Å². The number of carbonyl (C=O) groups is 2. The molecular weight excluding hydrogens is 192 g/mol. The van der Waals surface area contributed by atoms with Gasteiger partial charge in [-0.3, -0.25) is 19.4 Å². The van der Waals surface area contributed by atoms with Gasteiger partial charge < -0.3 is 0 Å². The summed E-state index contributed by atoms with van der Waals surface area (Å²) in [6.07, 6.45) is 2.66. The average molecular weight is 210 g/mol. The van der Waals surface area contributed by atoms with Crippen LogP contribution in [0.2, 0.25) is 0 Å². The fourth-order valence-electron chi connectivity index (χ4n) is 2.36. The van der Waals surface area contributed by atoms with Gasteiger partial charge in [0.2, 0.25) is 11.8 Å². The number of likely N-dealkylation sites (N-methyl/N-ethyl adjacent to an activating group) is 1. The molecule has 2 saturated heterocycles. The van der Waals surface area contributed by atoms with Crippen LogP contribution in [0.1, 0.15) is 26.2 Å². The lowest BCUT2D eigenvalue weighted by Gasteiger charge is -2.33. The number of hydrogen-bond acceptors (Lipinski definition) is 3. The van der Waals surface area contributed by atoms with Gasteiger partial charge in [-0.25, -0.2) is 0 Å². The Morgan fingerprint density at radius 2 is 1.80 bits per heavy atom. The van der Waals surface area contributed by atoms with Crippen molar-refractivity contribution in [2.45, 2.75) is 32.2 Å². The number of carbonyl (C=O) groups excluding carboxylic acids is 2. The highest BCUT2D eigenvalue weighted by Crippen LogP contribution is 2.23. The van der Waals surface area contributed by atoms with Crippen molar-refractivity contribution in [2.24, 2.45) is 5.92 Å². The average Bonchev–Trinajstić information content (AvgIpc) is 2.47. The van der Waals surface area contributed by atoms with Gasteiger partial charge in [0, 0.05) is 7.05 Å². The van der Waals surface area contributed by atoms with E-state index in [1.807, 2.05) is 0 Å². The van der Waals surface area contributed by atoms with Crippen LogP contribution in [-0.4, -0.2) is 47.8 Å². The van der Waals surface area contributed by atoms with Gasteiger partial charge in [0.1, 0.15) is 0 Å². The molecular formula is C11H18N2O2. The number of likely N-dealkylation sites (tertiary alicyclic amines) is 2. The smallest absolute Gasteiger partial charge is 0.246 e. The van der Waals surface area contributed by atoms with Crippen molar-refractivity contribution in [1.82, 2.24) is 9.80 Å².